The number of aryl methyl sites for hydroxylation is 1. The maximum atomic E-state index is 5.47. The van der Waals surface area contributed by atoms with Crippen LogP contribution in [0.3, 0.4) is 0 Å². The SMILES string of the molecule is [CH]CCOc1ccc(CCCCCCCCC)cc1. The lowest BCUT2D eigenvalue weighted by molar-refractivity contribution is 0.324. The number of hydrogen-bond donors (Lipinski definition) is 0. The van der Waals surface area contributed by atoms with E-state index in [0.29, 0.717) is 13.0 Å². The minimum atomic E-state index is 0.569. The van der Waals surface area contributed by atoms with Gasteiger partial charge in [0.1, 0.15) is 5.75 Å². The van der Waals surface area contributed by atoms with Crippen molar-refractivity contribution in [3.05, 3.63) is 36.8 Å². The molecule has 2 radical (unpaired) electrons. The standard InChI is InChI=1S/C18H28O/c1-3-5-6-7-8-9-10-11-17-12-14-18(15-13-17)19-16-4-2/h2,12-15H,3-11,16H2,1H3. The van der Waals surface area contributed by atoms with Crippen LogP contribution < -0.4 is 4.74 Å². The summed E-state index contributed by atoms with van der Waals surface area (Å²) < 4.78 is 5.47. The first-order chi connectivity index (χ1) is 9.36. The van der Waals surface area contributed by atoms with Gasteiger partial charge in [0.2, 0.25) is 0 Å². The summed E-state index contributed by atoms with van der Waals surface area (Å²) in [6, 6.07) is 8.43. The molecule has 0 fully saturated rings. The smallest absolute Gasteiger partial charge is 0.119 e. The molecule has 1 heteroatoms. The zero-order valence-corrected chi connectivity index (χ0v) is 12.4. The van der Waals surface area contributed by atoms with Gasteiger partial charge in [0.05, 0.1) is 6.61 Å². The Balaban J connectivity index is 2.09. The molecular weight excluding hydrogens is 232 g/mol. The van der Waals surface area contributed by atoms with Crippen LogP contribution in [0.25, 0.3) is 0 Å². The zero-order chi connectivity index (χ0) is 13.8. The first-order valence-corrected chi connectivity index (χ1v) is 7.78. The van der Waals surface area contributed by atoms with Crippen molar-refractivity contribution in [2.24, 2.45) is 0 Å². The second kappa shape index (κ2) is 10.9. The lowest BCUT2D eigenvalue weighted by atomic mass is 10.0. The molecule has 0 amide bonds. The summed E-state index contributed by atoms with van der Waals surface area (Å²) in [6.45, 7) is 8.26. The first-order valence-electron chi connectivity index (χ1n) is 7.78. The van der Waals surface area contributed by atoms with Crippen molar-refractivity contribution >= 4 is 0 Å². The average Bonchev–Trinajstić information content (AvgIpc) is 2.45. The maximum Gasteiger partial charge on any atom is 0.119 e. The lowest BCUT2D eigenvalue weighted by Crippen LogP contribution is -1.95. The molecule has 1 aromatic carbocycles. The van der Waals surface area contributed by atoms with Gasteiger partial charge in [0.25, 0.3) is 0 Å². The molecule has 0 aliphatic carbocycles. The Morgan fingerprint density at radius 2 is 1.53 bits per heavy atom. The van der Waals surface area contributed by atoms with Gasteiger partial charge < -0.3 is 4.74 Å². The normalized spacial score (nSPS) is 10.6. The molecule has 19 heavy (non-hydrogen) atoms. The topological polar surface area (TPSA) is 9.23 Å². The number of ether oxygens (including phenoxy) is 1. The molecule has 106 valence electrons. The largest absolute Gasteiger partial charge is 0.494 e. The van der Waals surface area contributed by atoms with Crippen LogP contribution in [-0.4, -0.2) is 6.61 Å². The summed E-state index contributed by atoms with van der Waals surface area (Å²) in [5, 5.41) is 0. The minimum absolute atomic E-state index is 0.569. The molecular formula is C18H28O. The molecule has 0 saturated heterocycles. The number of unbranched alkanes of at least 4 members (excludes halogenated alkanes) is 6. The number of hydrogen-bond acceptors (Lipinski definition) is 1. The monoisotopic (exact) mass is 260 g/mol. The molecule has 0 N–H and O–H groups in total. The molecule has 0 unspecified atom stereocenters. The fraction of sp³-hybridized carbons (Fsp3) is 0.611. The van der Waals surface area contributed by atoms with Crippen molar-refractivity contribution in [2.45, 2.75) is 64.7 Å². The summed E-state index contributed by atoms with van der Waals surface area (Å²) in [6.07, 6.45) is 11.3. The van der Waals surface area contributed by atoms with Crippen molar-refractivity contribution in [3.63, 3.8) is 0 Å². The summed E-state index contributed by atoms with van der Waals surface area (Å²) in [4.78, 5) is 0. The second-order valence-corrected chi connectivity index (χ2v) is 5.15. The van der Waals surface area contributed by atoms with Crippen molar-refractivity contribution in [1.29, 1.82) is 0 Å². The number of rotatable bonds is 11. The summed E-state index contributed by atoms with van der Waals surface area (Å²) in [5.41, 5.74) is 1.41. The van der Waals surface area contributed by atoms with E-state index in [-0.39, 0.29) is 0 Å². The zero-order valence-electron chi connectivity index (χ0n) is 12.4. The highest BCUT2D eigenvalue weighted by atomic mass is 16.5. The molecule has 0 aliphatic heterocycles. The Morgan fingerprint density at radius 3 is 2.16 bits per heavy atom. The molecule has 0 heterocycles. The van der Waals surface area contributed by atoms with Gasteiger partial charge in [0.15, 0.2) is 0 Å². The van der Waals surface area contributed by atoms with Gasteiger partial charge in [-0.1, -0.05) is 57.6 Å². The Labute approximate surface area is 119 Å². The highest BCUT2D eigenvalue weighted by Gasteiger charge is 1.96. The molecule has 0 aromatic heterocycles. The highest BCUT2D eigenvalue weighted by molar-refractivity contribution is 5.27. The van der Waals surface area contributed by atoms with Crippen molar-refractivity contribution in [1.82, 2.24) is 0 Å². The predicted molar refractivity (Wildman–Crippen MR) is 82.6 cm³/mol. The Hall–Kier alpha value is -0.980. The molecule has 0 aliphatic rings. The van der Waals surface area contributed by atoms with E-state index < -0.39 is 0 Å². The van der Waals surface area contributed by atoms with Crippen molar-refractivity contribution in [2.75, 3.05) is 6.61 Å². The lowest BCUT2D eigenvalue weighted by Gasteiger charge is -2.06. The summed E-state index contributed by atoms with van der Waals surface area (Å²) in [5.74, 6) is 0.925. The second-order valence-electron chi connectivity index (χ2n) is 5.15. The third-order valence-corrected chi connectivity index (χ3v) is 3.38. The molecule has 0 atom stereocenters. The van der Waals surface area contributed by atoms with Crippen LogP contribution in [0.4, 0.5) is 0 Å². The summed E-state index contributed by atoms with van der Waals surface area (Å²) in [7, 11) is 0. The van der Waals surface area contributed by atoms with Gasteiger partial charge in [0, 0.05) is 0 Å². The average molecular weight is 260 g/mol. The summed E-state index contributed by atoms with van der Waals surface area (Å²) >= 11 is 0. The van der Waals surface area contributed by atoms with Crippen LogP contribution in [0.1, 0.15) is 63.9 Å². The van der Waals surface area contributed by atoms with Gasteiger partial charge in [-0.3, -0.25) is 0 Å². The maximum absolute atomic E-state index is 5.47. The molecule has 1 rings (SSSR count). The first kappa shape index (κ1) is 16.1. The van der Waals surface area contributed by atoms with Crippen LogP contribution in [0.15, 0.2) is 24.3 Å². The molecule has 0 spiro atoms. The van der Waals surface area contributed by atoms with Crippen molar-refractivity contribution < 1.29 is 4.74 Å². The molecule has 1 aromatic rings. The quantitative estimate of drug-likeness (QED) is 0.480. The van der Waals surface area contributed by atoms with Crippen LogP contribution >= 0.6 is 0 Å². The van der Waals surface area contributed by atoms with E-state index in [1.54, 1.807) is 0 Å². The Morgan fingerprint density at radius 1 is 0.895 bits per heavy atom. The van der Waals surface area contributed by atoms with Crippen LogP contribution in [0.2, 0.25) is 0 Å². The van der Waals surface area contributed by atoms with E-state index in [2.05, 4.69) is 19.1 Å². The molecule has 0 bridgehead atoms. The third kappa shape index (κ3) is 7.92. The van der Waals surface area contributed by atoms with Gasteiger partial charge in [-0.15, -0.1) is 0 Å². The van der Waals surface area contributed by atoms with Gasteiger partial charge >= 0.3 is 0 Å². The molecule has 0 saturated carbocycles. The van der Waals surface area contributed by atoms with E-state index in [1.165, 1.54) is 56.9 Å². The molecule has 1 nitrogen and oxygen atoms in total. The van der Waals surface area contributed by atoms with Gasteiger partial charge in [-0.25, -0.2) is 0 Å². The van der Waals surface area contributed by atoms with Crippen LogP contribution in [-0.2, 0) is 6.42 Å². The highest BCUT2D eigenvalue weighted by Crippen LogP contribution is 2.15. The van der Waals surface area contributed by atoms with E-state index in [0.717, 1.165) is 5.75 Å². The number of benzene rings is 1. The van der Waals surface area contributed by atoms with E-state index >= 15 is 0 Å². The van der Waals surface area contributed by atoms with E-state index in [1.807, 2.05) is 12.1 Å². The van der Waals surface area contributed by atoms with Gasteiger partial charge in [-0.05, 0) is 43.9 Å². The minimum Gasteiger partial charge on any atom is -0.494 e. The van der Waals surface area contributed by atoms with Crippen LogP contribution in [0.5, 0.6) is 5.75 Å². The Kier molecular flexibility index (Phi) is 9.22. The van der Waals surface area contributed by atoms with E-state index in [9.17, 15) is 0 Å². The fourth-order valence-corrected chi connectivity index (χ4v) is 2.22. The fourth-order valence-electron chi connectivity index (χ4n) is 2.22. The van der Waals surface area contributed by atoms with Crippen molar-refractivity contribution in [3.8, 4) is 5.75 Å². The Bertz CT molecular complexity index is 302. The van der Waals surface area contributed by atoms with E-state index in [4.69, 9.17) is 11.7 Å². The predicted octanol–water partition coefficient (Wildman–Crippen LogP) is 5.46. The van der Waals surface area contributed by atoms with Gasteiger partial charge in [-0.2, -0.15) is 0 Å². The third-order valence-electron chi connectivity index (χ3n) is 3.38. The van der Waals surface area contributed by atoms with Crippen LogP contribution in [0, 0.1) is 6.92 Å².